The molecule has 3 heterocycles. The molecule has 0 aliphatic carbocycles. The van der Waals surface area contributed by atoms with E-state index in [0.717, 1.165) is 50.9 Å². The fourth-order valence-electron chi connectivity index (χ4n) is 3.44. The molecule has 1 aromatic heterocycles. The number of rotatable bonds is 4. The maximum absolute atomic E-state index is 12.3. The van der Waals surface area contributed by atoms with E-state index in [9.17, 15) is 9.59 Å². The van der Waals surface area contributed by atoms with E-state index in [1.54, 1.807) is 10.6 Å². The Morgan fingerprint density at radius 1 is 1.17 bits per heavy atom. The predicted molar refractivity (Wildman–Crippen MR) is 95.4 cm³/mol. The summed E-state index contributed by atoms with van der Waals surface area (Å²) in [6.45, 7) is 8.07. The molecule has 6 heteroatoms. The SMILES string of the molecule is CC1CCN(c2ccc(=O)n(CCC(=O)N3CCNCC3)c2)CC1. The Morgan fingerprint density at radius 2 is 1.88 bits per heavy atom. The van der Waals surface area contributed by atoms with Gasteiger partial charge in [0.15, 0.2) is 0 Å². The minimum absolute atomic E-state index is 0.0303. The van der Waals surface area contributed by atoms with E-state index < -0.39 is 0 Å². The van der Waals surface area contributed by atoms with Crippen LogP contribution in [0.5, 0.6) is 0 Å². The fraction of sp³-hybridized carbons (Fsp3) is 0.667. The number of aryl methyl sites for hydroxylation is 1. The van der Waals surface area contributed by atoms with E-state index in [-0.39, 0.29) is 11.5 Å². The number of anilines is 1. The number of aromatic nitrogens is 1. The lowest BCUT2D eigenvalue weighted by Crippen LogP contribution is -2.46. The molecule has 0 unspecified atom stereocenters. The third-order valence-corrected chi connectivity index (χ3v) is 5.15. The summed E-state index contributed by atoms with van der Waals surface area (Å²) >= 11 is 0. The van der Waals surface area contributed by atoms with Crippen LogP contribution in [0, 0.1) is 5.92 Å². The summed E-state index contributed by atoms with van der Waals surface area (Å²) in [5.74, 6) is 0.921. The van der Waals surface area contributed by atoms with E-state index >= 15 is 0 Å². The van der Waals surface area contributed by atoms with Crippen LogP contribution in [0.3, 0.4) is 0 Å². The van der Waals surface area contributed by atoms with Crippen molar-refractivity contribution in [2.45, 2.75) is 32.7 Å². The molecule has 6 nitrogen and oxygen atoms in total. The quantitative estimate of drug-likeness (QED) is 0.890. The van der Waals surface area contributed by atoms with Crippen LogP contribution in [-0.2, 0) is 11.3 Å². The number of nitrogens with zero attached hydrogens (tertiary/aromatic N) is 3. The van der Waals surface area contributed by atoms with Gasteiger partial charge in [0, 0.05) is 64.5 Å². The van der Waals surface area contributed by atoms with Crippen LogP contribution in [0.2, 0.25) is 0 Å². The molecule has 3 rings (SSSR count). The average molecular weight is 332 g/mol. The third kappa shape index (κ3) is 4.17. The van der Waals surface area contributed by atoms with Crippen LogP contribution in [0.15, 0.2) is 23.1 Å². The van der Waals surface area contributed by atoms with Gasteiger partial charge in [0.25, 0.3) is 5.56 Å². The smallest absolute Gasteiger partial charge is 0.250 e. The van der Waals surface area contributed by atoms with E-state index in [1.165, 1.54) is 12.8 Å². The van der Waals surface area contributed by atoms with E-state index in [2.05, 4.69) is 17.1 Å². The van der Waals surface area contributed by atoms with Gasteiger partial charge in [0.2, 0.25) is 5.91 Å². The van der Waals surface area contributed by atoms with Crippen molar-refractivity contribution in [1.29, 1.82) is 0 Å². The van der Waals surface area contributed by atoms with E-state index in [0.29, 0.717) is 13.0 Å². The monoisotopic (exact) mass is 332 g/mol. The lowest BCUT2D eigenvalue weighted by molar-refractivity contribution is -0.132. The molecule has 2 saturated heterocycles. The van der Waals surface area contributed by atoms with Gasteiger partial charge in [-0.1, -0.05) is 6.92 Å². The van der Waals surface area contributed by atoms with Gasteiger partial charge in [-0.3, -0.25) is 9.59 Å². The molecular formula is C18H28N4O2. The van der Waals surface area contributed by atoms with Crippen molar-refractivity contribution in [3.05, 3.63) is 28.7 Å². The summed E-state index contributed by atoms with van der Waals surface area (Å²) in [7, 11) is 0. The molecule has 2 aliphatic rings. The summed E-state index contributed by atoms with van der Waals surface area (Å²) in [4.78, 5) is 28.6. The number of hydrogen-bond acceptors (Lipinski definition) is 4. The second-order valence-corrected chi connectivity index (χ2v) is 6.97. The number of piperidine rings is 1. The third-order valence-electron chi connectivity index (χ3n) is 5.15. The minimum Gasteiger partial charge on any atom is -0.370 e. The van der Waals surface area contributed by atoms with Gasteiger partial charge in [-0.05, 0) is 24.8 Å². The van der Waals surface area contributed by atoms with Gasteiger partial charge in [-0.2, -0.15) is 0 Å². The maximum atomic E-state index is 12.3. The fourth-order valence-corrected chi connectivity index (χ4v) is 3.44. The predicted octanol–water partition coefficient (Wildman–Crippen LogP) is 0.907. The highest BCUT2D eigenvalue weighted by atomic mass is 16.2. The topological polar surface area (TPSA) is 57.6 Å². The number of piperazine rings is 1. The molecule has 0 aromatic carbocycles. The molecule has 1 aromatic rings. The first-order valence-electron chi connectivity index (χ1n) is 9.07. The Labute approximate surface area is 143 Å². The van der Waals surface area contributed by atoms with Gasteiger partial charge >= 0.3 is 0 Å². The van der Waals surface area contributed by atoms with Crippen molar-refractivity contribution in [3.8, 4) is 0 Å². The molecule has 1 amide bonds. The van der Waals surface area contributed by atoms with Crippen LogP contribution in [0.4, 0.5) is 5.69 Å². The van der Waals surface area contributed by atoms with Gasteiger partial charge < -0.3 is 19.7 Å². The molecule has 0 saturated carbocycles. The van der Waals surface area contributed by atoms with Gasteiger partial charge in [-0.15, -0.1) is 0 Å². The zero-order valence-electron chi connectivity index (χ0n) is 14.5. The van der Waals surface area contributed by atoms with Crippen molar-refractivity contribution in [2.24, 2.45) is 5.92 Å². The van der Waals surface area contributed by atoms with Crippen LogP contribution in [-0.4, -0.2) is 54.6 Å². The number of carbonyl (C=O) groups excluding carboxylic acids is 1. The Morgan fingerprint density at radius 3 is 2.58 bits per heavy atom. The van der Waals surface area contributed by atoms with E-state index in [4.69, 9.17) is 0 Å². The standard InChI is InChI=1S/C18H28N4O2/c1-15-4-9-20(10-5-15)16-2-3-17(23)22(14-16)11-6-18(24)21-12-7-19-8-13-21/h2-3,14-15,19H,4-13H2,1H3. The second-order valence-electron chi connectivity index (χ2n) is 6.97. The number of amides is 1. The molecule has 132 valence electrons. The lowest BCUT2D eigenvalue weighted by Gasteiger charge is -2.32. The molecule has 0 atom stereocenters. The Bertz CT molecular complexity index is 614. The van der Waals surface area contributed by atoms with Crippen molar-refractivity contribution in [2.75, 3.05) is 44.2 Å². The molecule has 24 heavy (non-hydrogen) atoms. The van der Waals surface area contributed by atoms with Gasteiger partial charge in [0.05, 0.1) is 5.69 Å². The summed E-state index contributed by atoms with van der Waals surface area (Å²) in [6, 6.07) is 3.54. The van der Waals surface area contributed by atoms with Gasteiger partial charge in [-0.25, -0.2) is 0 Å². The molecule has 2 fully saturated rings. The second kappa shape index (κ2) is 7.83. The van der Waals surface area contributed by atoms with Crippen LogP contribution in [0.25, 0.3) is 0 Å². The Kier molecular flexibility index (Phi) is 5.56. The van der Waals surface area contributed by atoms with Crippen LogP contribution < -0.4 is 15.8 Å². The first-order chi connectivity index (χ1) is 11.6. The summed E-state index contributed by atoms with van der Waals surface area (Å²) in [6.07, 6.45) is 4.70. The first kappa shape index (κ1) is 17.0. The minimum atomic E-state index is -0.0303. The lowest BCUT2D eigenvalue weighted by atomic mass is 9.99. The highest BCUT2D eigenvalue weighted by Gasteiger charge is 2.18. The highest BCUT2D eigenvalue weighted by molar-refractivity contribution is 5.76. The summed E-state index contributed by atoms with van der Waals surface area (Å²) in [5, 5.41) is 3.24. The number of pyridine rings is 1. The molecule has 1 N–H and O–H groups in total. The Hall–Kier alpha value is -1.82. The Balaban J connectivity index is 1.61. The summed E-state index contributed by atoms with van der Waals surface area (Å²) < 4.78 is 1.69. The number of hydrogen-bond donors (Lipinski definition) is 1. The molecule has 0 spiro atoms. The average Bonchev–Trinajstić information content (AvgIpc) is 2.62. The van der Waals surface area contributed by atoms with Gasteiger partial charge in [0.1, 0.15) is 0 Å². The van der Waals surface area contributed by atoms with Crippen LogP contribution in [0.1, 0.15) is 26.2 Å². The first-order valence-corrected chi connectivity index (χ1v) is 9.07. The molecule has 0 radical (unpaired) electrons. The molecular weight excluding hydrogens is 304 g/mol. The number of nitrogens with one attached hydrogen (secondary N) is 1. The largest absolute Gasteiger partial charge is 0.370 e. The zero-order chi connectivity index (χ0) is 16.9. The molecule has 2 aliphatic heterocycles. The summed E-state index contributed by atoms with van der Waals surface area (Å²) in [5.41, 5.74) is 1.06. The van der Waals surface area contributed by atoms with Crippen LogP contribution >= 0.6 is 0 Å². The zero-order valence-corrected chi connectivity index (χ0v) is 14.5. The van der Waals surface area contributed by atoms with Crippen molar-refractivity contribution in [3.63, 3.8) is 0 Å². The highest BCUT2D eigenvalue weighted by Crippen LogP contribution is 2.21. The normalized spacial score (nSPS) is 19.5. The maximum Gasteiger partial charge on any atom is 0.250 e. The molecule has 0 bridgehead atoms. The van der Waals surface area contributed by atoms with Crippen molar-refractivity contribution < 1.29 is 4.79 Å². The number of carbonyl (C=O) groups is 1. The van der Waals surface area contributed by atoms with E-state index in [1.807, 2.05) is 17.2 Å². The van der Waals surface area contributed by atoms with Crippen molar-refractivity contribution >= 4 is 11.6 Å². The van der Waals surface area contributed by atoms with Crippen molar-refractivity contribution in [1.82, 2.24) is 14.8 Å².